The number of primary amides is 1. The van der Waals surface area contributed by atoms with Crippen LogP contribution in [-0.2, 0) is 64.0 Å². The molecule has 1 aliphatic heterocycles. The zero-order chi connectivity index (χ0) is 64.7. The topological polar surface area (TPSA) is 449 Å². The number of carboxylic acids is 1. The zero-order valence-corrected chi connectivity index (χ0v) is 51.5. The predicted molar refractivity (Wildman–Crippen MR) is 314 cm³/mol. The smallest absolute Gasteiger partial charge is 0.328 e. The standard InChI is InChI=1S/C56H92N12O16S/c1-26(2)22-35(57)47(74)61-38(25-41(58)72)50(77)63-39(23-27(3)4)55(82)68-20-13-14-40(68)51(78)66-44(31(10)69)54(81)59-30(9)46(73)64-42(28(5)6)52(79)62-37(24-33-15-17-34(71)18-16-33)49(76)60-36(19-21-85-12)48(75)65-43(29(7)8)53(80)67-45(32(11)70)56(83)84/h15-18,26-32,35-40,42-45,69-71H,13-14,19-25,57H2,1-12H3,(H2,58,72)(H,59,81)(H,60,76)(H,61,74)(H,62,79)(H,63,77)(H,64,73)(H,65,75)(H,66,78)(H,67,80)(H,83,84)/t30-,31+,32+,35-,36-,37-,38-,39-,40-,42-,43-,44-,45-/m0/s1. The number of hydrogen-bond acceptors (Lipinski definition) is 17. The molecular formula is C56H92N12O16S. The first-order chi connectivity index (χ1) is 39.6. The van der Waals surface area contributed by atoms with Crippen LogP contribution in [0.15, 0.2) is 24.3 Å². The van der Waals surface area contributed by atoms with E-state index >= 15 is 0 Å². The molecule has 1 heterocycles. The number of nitrogens with zero attached hydrogens (tertiary/aromatic N) is 1. The van der Waals surface area contributed by atoms with Gasteiger partial charge in [0.05, 0.1) is 24.7 Å². The van der Waals surface area contributed by atoms with Crippen molar-refractivity contribution >= 4 is 82.7 Å². The molecule has 0 spiro atoms. The van der Waals surface area contributed by atoms with Crippen molar-refractivity contribution in [3.63, 3.8) is 0 Å². The van der Waals surface area contributed by atoms with Crippen LogP contribution < -0.4 is 59.3 Å². The second-order valence-corrected chi connectivity index (χ2v) is 24.1. The molecule has 85 heavy (non-hydrogen) atoms. The van der Waals surface area contributed by atoms with Gasteiger partial charge in [0.1, 0.15) is 60.1 Å². The molecule has 1 aliphatic rings. The van der Waals surface area contributed by atoms with Crippen LogP contribution in [0.5, 0.6) is 5.75 Å². The minimum absolute atomic E-state index is 0.0323. The van der Waals surface area contributed by atoms with Crippen LogP contribution in [-0.4, -0.2) is 193 Å². The molecule has 29 heteroatoms. The van der Waals surface area contributed by atoms with E-state index in [4.69, 9.17) is 11.5 Å². The molecule has 0 unspecified atom stereocenters. The Hall–Kier alpha value is -7.11. The fraction of sp³-hybridized carbons (Fsp3) is 0.679. The largest absolute Gasteiger partial charge is 0.508 e. The van der Waals surface area contributed by atoms with E-state index in [0.29, 0.717) is 17.7 Å². The molecule has 0 bridgehead atoms. The minimum Gasteiger partial charge on any atom is -0.508 e. The number of aliphatic hydroxyl groups is 2. The van der Waals surface area contributed by atoms with Gasteiger partial charge in [-0.05, 0) is 106 Å². The van der Waals surface area contributed by atoms with Crippen molar-refractivity contribution in [2.75, 3.05) is 18.6 Å². The van der Waals surface area contributed by atoms with Gasteiger partial charge in [-0.25, -0.2) is 4.79 Å². The number of amides is 11. The fourth-order valence-corrected chi connectivity index (χ4v) is 9.62. The lowest BCUT2D eigenvalue weighted by Gasteiger charge is -2.32. The van der Waals surface area contributed by atoms with E-state index in [9.17, 15) is 78.0 Å². The van der Waals surface area contributed by atoms with E-state index in [0.717, 1.165) is 0 Å². The SMILES string of the molecule is CSCC[C@H](NC(=O)[C@H](Cc1ccc(O)cc1)NC(=O)[C@@H](NC(=O)[C@H](C)NC(=O)[C@@H](NC(=O)[C@@H]1CCCN1C(=O)[C@H](CC(C)C)NC(=O)[C@H](CC(N)=O)NC(=O)[C@@H](N)CC(C)C)[C@@H](C)O)C(C)C)C(=O)N[C@H](C(=O)N[C@H](C(=O)O)[C@@H](C)O)C(C)C. The number of rotatable bonds is 35. The lowest BCUT2D eigenvalue weighted by atomic mass is 10.00. The number of aliphatic carboxylic acids is 1. The number of hydrogen-bond donors (Lipinski definition) is 15. The van der Waals surface area contributed by atoms with E-state index in [1.54, 1.807) is 47.8 Å². The van der Waals surface area contributed by atoms with Gasteiger partial charge < -0.3 is 84.6 Å². The van der Waals surface area contributed by atoms with Crippen LogP contribution >= 0.6 is 11.8 Å². The van der Waals surface area contributed by atoms with Gasteiger partial charge in [0, 0.05) is 13.0 Å². The lowest BCUT2D eigenvalue weighted by molar-refractivity contribution is -0.145. The molecule has 17 N–H and O–H groups in total. The van der Waals surface area contributed by atoms with Crippen LogP contribution in [0.25, 0.3) is 0 Å². The molecule has 0 saturated carbocycles. The van der Waals surface area contributed by atoms with Gasteiger partial charge >= 0.3 is 5.97 Å². The van der Waals surface area contributed by atoms with Gasteiger partial charge in [0.25, 0.3) is 0 Å². The normalized spacial score (nSPS) is 17.5. The van der Waals surface area contributed by atoms with Crippen LogP contribution in [0.2, 0.25) is 0 Å². The number of benzene rings is 1. The summed E-state index contributed by atoms with van der Waals surface area (Å²) in [7, 11) is 0. The number of aliphatic hydroxyl groups excluding tert-OH is 2. The number of aromatic hydroxyl groups is 1. The number of phenols is 1. The maximum absolute atomic E-state index is 14.3. The van der Waals surface area contributed by atoms with E-state index in [1.807, 2.05) is 13.8 Å². The highest BCUT2D eigenvalue weighted by atomic mass is 32.2. The Labute approximate surface area is 500 Å². The van der Waals surface area contributed by atoms with Gasteiger partial charge in [-0.15, -0.1) is 0 Å². The van der Waals surface area contributed by atoms with Gasteiger partial charge in [-0.2, -0.15) is 11.8 Å². The average Bonchev–Trinajstić information content (AvgIpc) is 3.91. The molecule has 1 fully saturated rings. The van der Waals surface area contributed by atoms with Crippen molar-refractivity contribution in [2.45, 2.75) is 200 Å². The molecule has 11 amide bonds. The number of thioether (sulfide) groups is 1. The molecule has 1 saturated heterocycles. The fourth-order valence-electron chi connectivity index (χ4n) is 9.15. The summed E-state index contributed by atoms with van der Waals surface area (Å²) < 4.78 is 0. The maximum atomic E-state index is 14.3. The van der Waals surface area contributed by atoms with Gasteiger partial charge in [0.2, 0.25) is 65.0 Å². The highest BCUT2D eigenvalue weighted by Crippen LogP contribution is 2.22. The summed E-state index contributed by atoms with van der Waals surface area (Å²) in [5.74, 6) is -12.1. The predicted octanol–water partition coefficient (Wildman–Crippen LogP) is -2.49. The first-order valence-electron chi connectivity index (χ1n) is 28.5. The Morgan fingerprint density at radius 3 is 1.55 bits per heavy atom. The third-order valence-electron chi connectivity index (χ3n) is 13.9. The summed E-state index contributed by atoms with van der Waals surface area (Å²) in [6.45, 7) is 17.3. The Balaban J connectivity index is 2.33. The molecule has 28 nitrogen and oxygen atoms in total. The first kappa shape index (κ1) is 74.0. The van der Waals surface area contributed by atoms with E-state index in [1.165, 1.54) is 61.7 Å². The average molecular weight is 1220 g/mol. The number of carboxylic acid groups (broad SMARTS) is 1. The number of carbonyl (C=O) groups is 12. The summed E-state index contributed by atoms with van der Waals surface area (Å²) in [5, 5.41) is 62.9. The van der Waals surface area contributed by atoms with Crippen molar-refractivity contribution < 1.29 is 78.0 Å². The van der Waals surface area contributed by atoms with Crippen LogP contribution in [0.3, 0.4) is 0 Å². The number of carbonyl (C=O) groups excluding carboxylic acids is 11. The monoisotopic (exact) mass is 1220 g/mol. The molecule has 478 valence electrons. The lowest BCUT2D eigenvalue weighted by Crippen LogP contribution is -2.62. The second kappa shape index (κ2) is 35.4. The molecule has 0 aromatic heterocycles. The van der Waals surface area contributed by atoms with Crippen molar-refractivity contribution in [3.8, 4) is 5.75 Å². The summed E-state index contributed by atoms with van der Waals surface area (Å²) in [6, 6.07) is -9.46. The Bertz CT molecular complexity index is 2480. The highest BCUT2D eigenvalue weighted by molar-refractivity contribution is 7.98. The van der Waals surface area contributed by atoms with Gasteiger partial charge in [0.15, 0.2) is 6.04 Å². The first-order valence-corrected chi connectivity index (χ1v) is 29.9. The summed E-state index contributed by atoms with van der Waals surface area (Å²) in [5.41, 5.74) is 11.9. The van der Waals surface area contributed by atoms with Crippen LogP contribution in [0.1, 0.15) is 120 Å². The van der Waals surface area contributed by atoms with Gasteiger partial charge in [-0.1, -0.05) is 67.5 Å². The summed E-state index contributed by atoms with van der Waals surface area (Å²) >= 11 is 1.34. The number of likely N-dealkylation sites (tertiary alicyclic amines) is 1. The van der Waals surface area contributed by atoms with Gasteiger partial charge in [-0.3, -0.25) is 52.7 Å². The van der Waals surface area contributed by atoms with Crippen LogP contribution in [0.4, 0.5) is 0 Å². The van der Waals surface area contributed by atoms with Crippen LogP contribution in [0, 0.1) is 23.7 Å². The Morgan fingerprint density at radius 2 is 1.05 bits per heavy atom. The molecule has 0 aliphatic carbocycles. The number of phenolic OH excluding ortho intramolecular Hbond substituents is 1. The van der Waals surface area contributed by atoms with Crippen molar-refractivity contribution in [2.24, 2.45) is 35.1 Å². The van der Waals surface area contributed by atoms with Crippen molar-refractivity contribution in [1.29, 1.82) is 0 Å². The van der Waals surface area contributed by atoms with E-state index < -0.39 is 168 Å². The van der Waals surface area contributed by atoms with E-state index in [2.05, 4.69) is 47.9 Å². The quantitative estimate of drug-likeness (QED) is 0.0334. The second-order valence-electron chi connectivity index (χ2n) is 23.1. The number of nitrogens with two attached hydrogens (primary N) is 2. The molecular weight excluding hydrogens is 1130 g/mol. The summed E-state index contributed by atoms with van der Waals surface area (Å²) in [6.07, 6.45) is -1.26. The number of nitrogens with one attached hydrogen (secondary N) is 9. The molecule has 0 radical (unpaired) electrons. The highest BCUT2D eigenvalue weighted by Gasteiger charge is 2.42. The van der Waals surface area contributed by atoms with Crippen molar-refractivity contribution in [1.82, 2.24) is 52.8 Å². The van der Waals surface area contributed by atoms with Crippen molar-refractivity contribution in [3.05, 3.63) is 29.8 Å². The maximum Gasteiger partial charge on any atom is 0.328 e. The summed E-state index contributed by atoms with van der Waals surface area (Å²) in [4.78, 5) is 163. The Kier molecular flexibility index (Phi) is 30.8. The zero-order valence-electron chi connectivity index (χ0n) is 50.7. The molecule has 1 aromatic carbocycles. The Morgan fingerprint density at radius 1 is 0.576 bits per heavy atom. The molecule has 1 aromatic rings. The third-order valence-corrected chi connectivity index (χ3v) is 14.5. The molecule has 13 atom stereocenters. The third kappa shape index (κ3) is 24.4. The molecule has 2 rings (SSSR count). The van der Waals surface area contributed by atoms with E-state index in [-0.39, 0.29) is 56.2 Å². The minimum atomic E-state index is -1.69.